The Morgan fingerprint density at radius 1 is 0.917 bits per heavy atom. The average Bonchev–Trinajstić information content (AvgIpc) is 3.71. The first kappa shape index (κ1) is 35.2. The van der Waals surface area contributed by atoms with E-state index in [1.807, 2.05) is 62.4 Å². The van der Waals surface area contributed by atoms with E-state index in [9.17, 15) is 19.5 Å². The number of aliphatic hydroxyl groups excluding tert-OH is 1. The van der Waals surface area contributed by atoms with Gasteiger partial charge in [-0.25, -0.2) is 0 Å². The third-order valence-electron chi connectivity index (χ3n) is 10.4. The highest BCUT2D eigenvalue weighted by Crippen LogP contribution is 2.64. The van der Waals surface area contributed by atoms with Crippen LogP contribution < -0.4 is 19.4 Å². The van der Waals surface area contributed by atoms with Crippen molar-refractivity contribution < 1.29 is 29.0 Å². The SMILES string of the molecule is C=CCN(C(=O)C1N(CCO)C(=O)[C@@H]2[C@H](C(=O)N(CC=C)c3ccc(OCC)cc3)[C@]3(CC)CCC12O3)c1ccc(N(CC)CC)cc1. The first-order chi connectivity index (χ1) is 23.2. The van der Waals surface area contributed by atoms with E-state index in [0.29, 0.717) is 43.0 Å². The molecule has 5 rings (SSSR count). The third kappa shape index (κ3) is 5.79. The number of rotatable bonds is 16. The van der Waals surface area contributed by atoms with Crippen LogP contribution in [0.4, 0.5) is 17.1 Å². The number of hydrogen-bond acceptors (Lipinski definition) is 7. The summed E-state index contributed by atoms with van der Waals surface area (Å²) in [6.45, 7) is 18.2. The van der Waals surface area contributed by atoms with Crippen LogP contribution in [0.25, 0.3) is 0 Å². The minimum Gasteiger partial charge on any atom is -0.494 e. The van der Waals surface area contributed by atoms with E-state index >= 15 is 0 Å². The van der Waals surface area contributed by atoms with Gasteiger partial charge in [0.15, 0.2) is 0 Å². The van der Waals surface area contributed by atoms with E-state index in [-0.39, 0.29) is 44.0 Å². The highest BCUT2D eigenvalue weighted by molar-refractivity contribution is 6.07. The maximum Gasteiger partial charge on any atom is 0.253 e. The maximum absolute atomic E-state index is 14.8. The normalized spacial score (nSPS) is 25.5. The van der Waals surface area contributed by atoms with Crippen molar-refractivity contribution >= 4 is 34.8 Å². The number of anilines is 3. The summed E-state index contributed by atoms with van der Waals surface area (Å²) in [4.78, 5) is 51.0. The summed E-state index contributed by atoms with van der Waals surface area (Å²) in [6, 6.07) is 14.1. The van der Waals surface area contributed by atoms with Gasteiger partial charge in [-0.3, -0.25) is 14.4 Å². The molecule has 48 heavy (non-hydrogen) atoms. The number of ether oxygens (including phenoxy) is 2. The molecule has 1 N–H and O–H groups in total. The van der Waals surface area contributed by atoms with Gasteiger partial charge in [0.25, 0.3) is 5.91 Å². The number of benzene rings is 2. The van der Waals surface area contributed by atoms with Gasteiger partial charge in [0.05, 0.1) is 30.7 Å². The van der Waals surface area contributed by atoms with Gasteiger partial charge in [-0.2, -0.15) is 0 Å². The first-order valence-corrected chi connectivity index (χ1v) is 17.2. The molecule has 1 spiro atoms. The van der Waals surface area contributed by atoms with Crippen molar-refractivity contribution in [2.75, 3.05) is 60.6 Å². The Labute approximate surface area is 284 Å². The largest absolute Gasteiger partial charge is 0.494 e. The molecule has 10 heteroatoms. The number of fused-ring (bicyclic) bond motifs is 1. The average molecular weight is 659 g/mol. The summed E-state index contributed by atoms with van der Waals surface area (Å²) in [6.07, 6.45) is 4.81. The molecule has 3 aliphatic rings. The molecule has 10 nitrogen and oxygen atoms in total. The summed E-state index contributed by atoms with van der Waals surface area (Å²) in [5.74, 6) is -1.91. The van der Waals surface area contributed by atoms with Crippen LogP contribution in [0.1, 0.15) is 47.0 Å². The van der Waals surface area contributed by atoms with Crippen LogP contribution in [0.15, 0.2) is 73.8 Å². The summed E-state index contributed by atoms with van der Waals surface area (Å²) in [7, 11) is 0. The Morgan fingerprint density at radius 3 is 2.00 bits per heavy atom. The molecule has 258 valence electrons. The molecule has 2 unspecified atom stereocenters. The highest BCUT2D eigenvalue weighted by Gasteiger charge is 2.79. The Morgan fingerprint density at radius 2 is 1.48 bits per heavy atom. The Bertz CT molecular complexity index is 1490. The van der Waals surface area contributed by atoms with Crippen molar-refractivity contribution in [1.29, 1.82) is 0 Å². The number of hydrogen-bond donors (Lipinski definition) is 1. The number of β-amino-alcohol motifs (C(OH)–C–C–N with tert-alkyl or cyclic N) is 1. The van der Waals surface area contributed by atoms with Gasteiger partial charge in [-0.15, -0.1) is 13.2 Å². The van der Waals surface area contributed by atoms with Gasteiger partial charge >= 0.3 is 0 Å². The highest BCUT2D eigenvalue weighted by atomic mass is 16.5. The second-order valence-electron chi connectivity index (χ2n) is 12.7. The number of aliphatic hydroxyl groups is 1. The van der Waals surface area contributed by atoms with Crippen molar-refractivity contribution in [2.45, 2.75) is 64.2 Å². The fourth-order valence-corrected chi connectivity index (χ4v) is 8.26. The fourth-order valence-electron chi connectivity index (χ4n) is 8.26. The van der Waals surface area contributed by atoms with E-state index in [0.717, 1.165) is 18.8 Å². The summed E-state index contributed by atoms with van der Waals surface area (Å²) in [5.41, 5.74) is 0.235. The fraction of sp³-hybridized carbons (Fsp3) is 0.500. The molecule has 3 amide bonds. The second kappa shape index (κ2) is 14.5. The molecule has 0 aromatic heterocycles. The van der Waals surface area contributed by atoms with E-state index in [4.69, 9.17) is 9.47 Å². The summed E-state index contributed by atoms with van der Waals surface area (Å²) in [5, 5.41) is 10.1. The van der Waals surface area contributed by atoms with Crippen molar-refractivity contribution in [3.05, 3.63) is 73.8 Å². The molecule has 3 heterocycles. The van der Waals surface area contributed by atoms with Gasteiger partial charge in [0.2, 0.25) is 11.8 Å². The minimum atomic E-state index is -1.22. The van der Waals surface area contributed by atoms with Crippen LogP contribution in [0.5, 0.6) is 5.75 Å². The standard InChI is InChI=1S/C38H50N4O6/c1-7-23-40(29-17-19-30(20-18-29)47-12-6)34(44)31-32-35(45)42(25-26-43)33(38(32)22-21-37(31,9-3)48-38)36(46)41(24-8-2)28-15-13-27(14-16-28)39(10-4)11-5/h7-8,13-20,31-33,43H,1-2,9-12,21-26H2,3-6H3/t31-,32+,33?,37+,38?/m1/s1. The van der Waals surface area contributed by atoms with E-state index < -0.39 is 29.1 Å². The Kier molecular flexibility index (Phi) is 10.7. The van der Waals surface area contributed by atoms with Gasteiger partial charge in [0.1, 0.15) is 17.4 Å². The predicted molar refractivity (Wildman–Crippen MR) is 188 cm³/mol. The molecular weight excluding hydrogens is 608 g/mol. The number of likely N-dealkylation sites (tertiary alicyclic amines) is 1. The molecule has 3 fully saturated rings. The van der Waals surface area contributed by atoms with E-state index in [1.165, 1.54) is 4.90 Å². The van der Waals surface area contributed by atoms with Crippen LogP contribution in [0, 0.1) is 11.8 Å². The molecule has 0 radical (unpaired) electrons. The lowest BCUT2D eigenvalue weighted by molar-refractivity contribution is -0.146. The van der Waals surface area contributed by atoms with Gasteiger partial charge in [0, 0.05) is 49.8 Å². The zero-order chi connectivity index (χ0) is 34.6. The number of nitrogens with zero attached hydrogens (tertiary/aromatic N) is 4. The number of carbonyl (C=O) groups is 3. The van der Waals surface area contributed by atoms with Crippen molar-refractivity contribution in [3.63, 3.8) is 0 Å². The number of amides is 3. The predicted octanol–water partition coefficient (Wildman–Crippen LogP) is 4.82. The second-order valence-corrected chi connectivity index (χ2v) is 12.7. The van der Waals surface area contributed by atoms with Crippen molar-refractivity contribution in [3.8, 4) is 5.75 Å². The van der Waals surface area contributed by atoms with Crippen molar-refractivity contribution in [1.82, 2.24) is 4.90 Å². The van der Waals surface area contributed by atoms with Gasteiger partial charge in [-0.1, -0.05) is 19.1 Å². The molecule has 2 aromatic rings. The quantitative estimate of drug-likeness (QED) is 0.258. The smallest absolute Gasteiger partial charge is 0.253 e. The monoisotopic (exact) mass is 658 g/mol. The number of carbonyl (C=O) groups excluding carboxylic acids is 3. The lowest BCUT2D eigenvalue weighted by atomic mass is 9.64. The van der Waals surface area contributed by atoms with Gasteiger partial charge in [-0.05, 0) is 88.6 Å². The molecule has 5 atom stereocenters. The maximum atomic E-state index is 14.8. The molecule has 0 aliphatic carbocycles. The van der Waals surface area contributed by atoms with Crippen LogP contribution in [-0.4, -0.2) is 90.9 Å². The third-order valence-corrected chi connectivity index (χ3v) is 10.4. The lowest BCUT2D eigenvalue weighted by Gasteiger charge is -2.37. The zero-order valence-corrected chi connectivity index (χ0v) is 28.8. The van der Waals surface area contributed by atoms with Crippen LogP contribution in [0.3, 0.4) is 0 Å². The van der Waals surface area contributed by atoms with Crippen LogP contribution in [0.2, 0.25) is 0 Å². The van der Waals surface area contributed by atoms with E-state index in [2.05, 4.69) is 31.9 Å². The molecule has 3 saturated heterocycles. The Hall–Kier alpha value is -4.15. The van der Waals surface area contributed by atoms with E-state index in [1.54, 1.807) is 22.0 Å². The molecule has 3 aliphatic heterocycles. The van der Waals surface area contributed by atoms with Gasteiger partial charge < -0.3 is 34.2 Å². The first-order valence-electron chi connectivity index (χ1n) is 17.2. The molecule has 0 saturated carbocycles. The van der Waals surface area contributed by atoms with Crippen LogP contribution >= 0.6 is 0 Å². The Balaban J connectivity index is 1.55. The topological polar surface area (TPSA) is 103 Å². The summed E-state index contributed by atoms with van der Waals surface area (Å²) < 4.78 is 12.6. The van der Waals surface area contributed by atoms with Crippen molar-refractivity contribution in [2.24, 2.45) is 11.8 Å². The minimum absolute atomic E-state index is 0.0467. The molecule has 2 bridgehead atoms. The zero-order valence-electron chi connectivity index (χ0n) is 28.8. The molecular formula is C38H50N4O6. The summed E-state index contributed by atoms with van der Waals surface area (Å²) >= 11 is 0. The molecule has 2 aromatic carbocycles. The lowest BCUT2D eigenvalue weighted by Crippen LogP contribution is -2.57. The van der Waals surface area contributed by atoms with Crippen LogP contribution in [-0.2, 0) is 19.1 Å².